The highest BCUT2D eigenvalue weighted by Gasteiger charge is 2.71. The number of fused-ring (bicyclic) bond motifs is 2. The maximum Gasteiger partial charge on any atom is 0.509 e. The van der Waals surface area contributed by atoms with Crippen LogP contribution in [0.25, 0.3) is 0 Å². The van der Waals surface area contributed by atoms with Gasteiger partial charge in [-0.3, -0.25) is 8.37 Å². The molecule has 678 valence electrons. The van der Waals surface area contributed by atoms with E-state index < -0.39 is 178 Å². The highest BCUT2D eigenvalue weighted by Crippen LogP contribution is 2.68. The van der Waals surface area contributed by atoms with Gasteiger partial charge in [0.05, 0.1) is 63.0 Å². The lowest BCUT2D eigenvalue weighted by Crippen LogP contribution is -2.59. The molecule has 0 N–H and O–H groups in total. The standard InChI is InChI=1S/C22H28F2O8S.C21H26F2O9S.C21H30F2O6.C18H24F2O6/c1-20(23,24)18(25)29-10-21-5-11-2-12(6-21)8-22(7-11,9-21)31-19(26)30-16-13-3-14-15(4-13)33(27,28)32-17(14)16;1-19(22,23)17(24)28-9-20-4-10-2-11(5-20)7-21(6-10,8-20)31-18(25)30-14-12-3-13-15(29-12)16(14)32-33(13,26)27;1-3-19(10-26-11-19)12-28-17(25)29-21-7-14-4-15(8-21)6-20(5-14,9-21)13-27-16(24)18(2,22)23;1-16(19,20)14(21)25-10-17-3-11-2-12(4-17)6-18(5-11,9-17)26-15(22)24-8-13-7-23-13/h11-17H,2-10H2,1H3;10-16H,2-9H2,1H3;14-15H,3-13H2,1-2H3;11-13H,2-10H2,1H3. The molecule has 18 aliphatic carbocycles. The first-order valence-corrected chi connectivity index (χ1v) is 45.8. The number of carbonyl (C=O) groups excluding carboxylic acids is 8. The number of alkyl halides is 8. The Hall–Kier alpha value is -5.90. The number of hydrogen-bond acceptors (Lipinski definition) is 29. The number of halogens is 8. The van der Waals surface area contributed by atoms with Gasteiger partial charge < -0.3 is 71.1 Å². The molecule has 24 rings (SSSR count). The monoisotopic (exact) mass is 1770 g/mol. The minimum Gasteiger partial charge on any atom is -0.461 e. The molecule has 0 aromatic rings. The van der Waals surface area contributed by atoms with Crippen molar-refractivity contribution in [2.24, 2.45) is 86.3 Å². The van der Waals surface area contributed by atoms with Gasteiger partial charge in [-0.1, -0.05) is 6.92 Å². The number of rotatable bonds is 23. The van der Waals surface area contributed by atoms with Crippen LogP contribution in [0.4, 0.5) is 54.3 Å². The lowest BCUT2D eigenvalue weighted by atomic mass is 9.48. The second-order valence-corrected chi connectivity index (χ2v) is 44.9. The van der Waals surface area contributed by atoms with Gasteiger partial charge in [-0.25, -0.2) is 38.4 Å². The van der Waals surface area contributed by atoms with Gasteiger partial charge in [0.1, 0.15) is 71.4 Å². The summed E-state index contributed by atoms with van der Waals surface area (Å²) in [6.45, 7) is 6.08. The zero-order chi connectivity index (χ0) is 86.3. The van der Waals surface area contributed by atoms with Crippen LogP contribution in [0.15, 0.2) is 0 Å². The van der Waals surface area contributed by atoms with Crippen molar-refractivity contribution < 1.29 is 170 Å². The van der Waals surface area contributed by atoms with Crippen molar-refractivity contribution in [3.63, 3.8) is 0 Å². The molecule has 6 aliphatic heterocycles. The third-order valence-corrected chi connectivity index (χ3v) is 34.2. The van der Waals surface area contributed by atoms with Crippen LogP contribution in [0.2, 0.25) is 0 Å². The van der Waals surface area contributed by atoms with Crippen LogP contribution in [0.1, 0.15) is 214 Å². The second-order valence-electron chi connectivity index (χ2n) is 41.4. The van der Waals surface area contributed by atoms with Crippen LogP contribution in [-0.4, -0.2) is 224 Å². The Morgan fingerprint density at radius 3 is 1.07 bits per heavy atom. The van der Waals surface area contributed by atoms with Crippen molar-refractivity contribution in [3.05, 3.63) is 0 Å². The maximum absolute atomic E-state index is 13.3. The fraction of sp³-hybridized carbons (Fsp3) is 0.902. The van der Waals surface area contributed by atoms with Gasteiger partial charge in [0.2, 0.25) is 0 Å². The molecule has 6 saturated heterocycles. The number of esters is 4. The van der Waals surface area contributed by atoms with Gasteiger partial charge in [0.15, 0.2) is 6.10 Å². The molecule has 6 heterocycles. The van der Waals surface area contributed by atoms with E-state index in [-0.39, 0.29) is 98.5 Å². The van der Waals surface area contributed by atoms with Crippen LogP contribution in [-0.2, 0) is 119 Å². The predicted octanol–water partition coefficient (Wildman–Crippen LogP) is 12.7. The van der Waals surface area contributed by atoms with Crippen LogP contribution in [0.5, 0.6) is 0 Å². The molecular weight excluding hydrogens is 1660 g/mol. The molecular formula is C82H108F8O29S2. The normalized spacial score (nSPS) is 43.8. The van der Waals surface area contributed by atoms with Crippen LogP contribution in [0, 0.1) is 86.3 Å². The summed E-state index contributed by atoms with van der Waals surface area (Å²) >= 11 is 0. The SMILES string of the molecule is CC(F)(F)C(=O)OCC12CC3CC(C1)CC(OC(=O)OC1C4CC5C(O4)C1OS5(=O)=O)(C3)C2.CC(F)(F)C(=O)OCC12CC3CC(C1)CC(OC(=O)OC1C4CC5C1OS(=O)(=O)C5C4)(C3)C2.CC(F)(F)C(=O)OCC12CC3CC(C1)CC(OC(=O)OCC1CO1)(C3)C2.CCC1(COC(=O)OC23CC4CC(CC(COC(=O)C(C)(F)F)(C4)C2)C3)COC1. The third-order valence-electron chi connectivity index (χ3n) is 30.7. The van der Waals surface area contributed by atoms with E-state index in [1.807, 2.05) is 6.92 Å². The quantitative estimate of drug-likeness (QED) is 0.0301. The highest BCUT2D eigenvalue weighted by molar-refractivity contribution is 7.88. The third kappa shape index (κ3) is 17.6. The van der Waals surface area contributed by atoms with E-state index in [4.69, 9.17) is 79.4 Å². The molecule has 24 fully saturated rings. The van der Waals surface area contributed by atoms with E-state index >= 15 is 0 Å². The Labute approximate surface area is 694 Å². The van der Waals surface area contributed by atoms with E-state index in [2.05, 4.69) is 0 Å². The molecule has 0 aromatic carbocycles. The van der Waals surface area contributed by atoms with Crippen molar-refractivity contribution in [3.8, 4) is 0 Å². The van der Waals surface area contributed by atoms with Crippen molar-refractivity contribution in [1.82, 2.24) is 0 Å². The van der Waals surface area contributed by atoms with E-state index in [1.54, 1.807) is 0 Å². The average molecular weight is 1770 g/mol. The molecule has 20 bridgehead atoms. The lowest BCUT2D eigenvalue weighted by molar-refractivity contribution is -0.204. The minimum absolute atomic E-state index is 0.0274. The largest absolute Gasteiger partial charge is 0.509 e. The topological polar surface area (TPSA) is 365 Å². The Bertz CT molecular complexity index is 4090. The summed E-state index contributed by atoms with van der Waals surface area (Å²) in [5, 5.41) is -1.21. The Morgan fingerprint density at radius 2 is 0.727 bits per heavy atom. The van der Waals surface area contributed by atoms with E-state index in [0.717, 1.165) is 109 Å². The van der Waals surface area contributed by atoms with E-state index in [1.165, 1.54) is 0 Å². The molecule has 39 heteroatoms. The summed E-state index contributed by atoms with van der Waals surface area (Å²) in [5.74, 6) is -17.9. The fourth-order valence-electron chi connectivity index (χ4n) is 27.8. The van der Waals surface area contributed by atoms with Crippen LogP contribution >= 0.6 is 0 Å². The summed E-state index contributed by atoms with van der Waals surface area (Å²) in [5.41, 5.74) is -4.73. The van der Waals surface area contributed by atoms with Gasteiger partial charge in [0.25, 0.3) is 20.2 Å². The molecule has 0 amide bonds. The van der Waals surface area contributed by atoms with Gasteiger partial charge in [-0.2, -0.15) is 52.0 Å². The maximum atomic E-state index is 13.3. The molecule has 0 radical (unpaired) electrons. The molecule has 19 atom stereocenters. The van der Waals surface area contributed by atoms with Crippen molar-refractivity contribution in [2.75, 3.05) is 59.5 Å². The summed E-state index contributed by atoms with van der Waals surface area (Å²) in [7, 11) is -7.33. The highest BCUT2D eigenvalue weighted by atomic mass is 32.2. The summed E-state index contributed by atoms with van der Waals surface area (Å²) < 4.78 is 245. The Balaban J connectivity index is 0.000000115. The molecule has 18 saturated carbocycles. The van der Waals surface area contributed by atoms with Crippen LogP contribution in [0.3, 0.4) is 0 Å². The van der Waals surface area contributed by atoms with E-state index in [0.29, 0.717) is 135 Å². The van der Waals surface area contributed by atoms with Gasteiger partial charge in [-0.15, -0.1) is 0 Å². The first kappa shape index (κ1) is 87.2. The summed E-state index contributed by atoms with van der Waals surface area (Å²) in [6, 6.07) is 0. The number of hydrogen-bond donors (Lipinski definition) is 0. The molecule has 0 aromatic heterocycles. The van der Waals surface area contributed by atoms with Crippen molar-refractivity contribution in [1.29, 1.82) is 0 Å². The van der Waals surface area contributed by atoms with Gasteiger partial charge >= 0.3 is 72.2 Å². The van der Waals surface area contributed by atoms with E-state index in [9.17, 15) is 90.3 Å². The second kappa shape index (κ2) is 30.4. The summed E-state index contributed by atoms with van der Waals surface area (Å²) in [6.07, 6.45) is 12.8. The lowest BCUT2D eigenvalue weighted by Gasteiger charge is -2.60. The fourth-order valence-corrected chi connectivity index (χ4v) is 31.3. The molecule has 29 nitrogen and oxygen atoms in total. The molecule has 121 heavy (non-hydrogen) atoms. The molecule has 24 aliphatic rings. The Morgan fingerprint density at radius 1 is 0.388 bits per heavy atom. The Kier molecular flexibility index (Phi) is 21.9. The average Bonchev–Trinajstić information content (AvgIpc) is 1.70. The minimum atomic E-state index is -3.73. The van der Waals surface area contributed by atoms with Gasteiger partial charge in [-0.05, 0) is 227 Å². The molecule has 0 spiro atoms. The van der Waals surface area contributed by atoms with Gasteiger partial charge in [0, 0.05) is 61.2 Å². The number of ether oxygens (including phenoxy) is 15. The summed E-state index contributed by atoms with van der Waals surface area (Å²) in [4.78, 5) is 96.5. The first-order chi connectivity index (χ1) is 56.5. The number of carbonyl (C=O) groups is 8. The molecule has 19 unspecified atom stereocenters. The van der Waals surface area contributed by atoms with Crippen molar-refractivity contribution in [2.45, 2.75) is 314 Å². The number of epoxide rings is 1. The first-order valence-electron chi connectivity index (χ1n) is 42.9. The van der Waals surface area contributed by atoms with Crippen LogP contribution < -0.4 is 0 Å². The zero-order valence-corrected chi connectivity index (χ0v) is 69.9. The zero-order valence-electron chi connectivity index (χ0n) is 68.3. The smallest absolute Gasteiger partial charge is 0.461 e. The predicted molar refractivity (Wildman–Crippen MR) is 391 cm³/mol. The van der Waals surface area contributed by atoms with Crippen molar-refractivity contribution >= 4 is 68.7 Å².